The van der Waals surface area contributed by atoms with Gasteiger partial charge in [-0.05, 0) is 57.2 Å². The molecule has 0 saturated heterocycles. The van der Waals surface area contributed by atoms with E-state index in [2.05, 4.69) is 10.3 Å². The van der Waals surface area contributed by atoms with Gasteiger partial charge in [-0.25, -0.2) is 12.8 Å². The summed E-state index contributed by atoms with van der Waals surface area (Å²) in [6, 6.07) is 9.33. The zero-order chi connectivity index (χ0) is 23.2. The van der Waals surface area contributed by atoms with Gasteiger partial charge in [-0.3, -0.25) is 9.79 Å². The van der Waals surface area contributed by atoms with E-state index in [0.29, 0.717) is 0 Å². The number of halogens is 1. The molecular weight excluding hydrogens is 423 g/mol. The predicted molar refractivity (Wildman–Crippen MR) is 114 cm³/mol. The molecule has 1 aliphatic rings. The topological polar surface area (TPSA) is 146 Å². The Kier molecular flexibility index (Phi) is 5.28. The van der Waals surface area contributed by atoms with E-state index in [0.717, 1.165) is 6.07 Å². The molecule has 4 N–H and O–H groups in total. The summed E-state index contributed by atoms with van der Waals surface area (Å²) < 4.78 is 38.8. The Morgan fingerprint density at radius 2 is 1.94 bits per heavy atom. The molecule has 0 radical (unpaired) electrons. The molecule has 3 rings (SSSR count). The van der Waals surface area contributed by atoms with Crippen molar-refractivity contribution in [3.8, 4) is 11.8 Å². The number of rotatable bonds is 3. The van der Waals surface area contributed by atoms with E-state index in [4.69, 9.17) is 11.0 Å². The molecule has 10 heteroatoms. The van der Waals surface area contributed by atoms with Gasteiger partial charge in [0.1, 0.15) is 27.7 Å². The van der Waals surface area contributed by atoms with Crippen LogP contribution < -0.4 is 11.1 Å². The summed E-state index contributed by atoms with van der Waals surface area (Å²) in [4.78, 5) is 17.0. The molecule has 2 aromatic rings. The third-order valence-corrected chi connectivity index (χ3v) is 8.12. The Balaban J connectivity index is 2.00. The molecule has 0 aliphatic carbocycles. The van der Waals surface area contributed by atoms with Crippen LogP contribution in [0.1, 0.15) is 42.3 Å². The first-order chi connectivity index (χ1) is 14.3. The van der Waals surface area contributed by atoms with Crippen LogP contribution in [0.2, 0.25) is 0 Å². The third kappa shape index (κ3) is 3.84. The van der Waals surface area contributed by atoms with Crippen LogP contribution in [0.25, 0.3) is 0 Å². The first kappa shape index (κ1) is 22.2. The number of phenolic OH excluding ortho intramolecular Hbond substituents is 1. The monoisotopic (exact) mass is 444 g/mol. The summed E-state index contributed by atoms with van der Waals surface area (Å²) in [5.74, 6) is -2.32. The number of benzene rings is 2. The molecular formula is C21H21FN4O4S. The number of carbonyl (C=O) groups excluding carboxylic acids is 1. The van der Waals surface area contributed by atoms with Crippen LogP contribution in [0, 0.1) is 17.1 Å². The van der Waals surface area contributed by atoms with Gasteiger partial charge in [-0.15, -0.1) is 0 Å². The van der Waals surface area contributed by atoms with Crippen LogP contribution >= 0.6 is 0 Å². The number of nitrogens with one attached hydrogen (secondary N) is 1. The number of aliphatic imine (C=N–C) groups is 1. The van der Waals surface area contributed by atoms with Gasteiger partial charge in [0.2, 0.25) is 0 Å². The normalized spacial score (nSPS) is 21.6. The van der Waals surface area contributed by atoms with Gasteiger partial charge in [-0.1, -0.05) is 0 Å². The van der Waals surface area contributed by atoms with Gasteiger partial charge in [0, 0.05) is 11.1 Å². The summed E-state index contributed by atoms with van der Waals surface area (Å²) in [6.45, 7) is 4.31. The molecule has 1 heterocycles. The molecule has 0 aromatic heterocycles. The van der Waals surface area contributed by atoms with E-state index < -0.39 is 37.6 Å². The number of nitrogens with zero attached hydrogens (tertiary/aromatic N) is 2. The quantitative estimate of drug-likeness (QED) is 0.620. The van der Waals surface area contributed by atoms with Gasteiger partial charge < -0.3 is 16.2 Å². The minimum atomic E-state index is -3.76. The molecule has 0 spiro atoms. The maximum atomic E-state index is 14.7. The first-order valence-electron chi connectivity index (χ1n) is 9.23. The van der Waals surface area contributed by atoms with Crippen LogP contribution in [-0.2, 0) is 15.4 Å². The fraction of sp³-hybridized carbons (Fsp3) is 0.286. The summed E-state index contributed by atoms with van der Waals surface area (Å²) in [6.07, 6.45) is 0. The number of anilines is 1. The number of amidine groups is 1. The largest absolute Gasteiger partial charge is 0.506 e. The highest BCUT2D eigenvalue weighted by atomic mass is 32.2. The number of nitrogens with two attached hydrogens (primary N) is 1. The predicted octanol–water partition coefficient (Wildman–Crippen LogP) is 2.43. The number of amides is 1. The lowest BCUT2D eigenvalue weighted by atomic mass is 9.91. The Bertz CT molecular complexity index is 1260. The number of phenols is 1. The molecule has 1 atom stereocenters. The van der Waals surface area contributed by atoms with E-state index in [1.165, 1.54) is 51.1 Å². The summed E-state index contributed by atoms with van der Waals surface area (Å²) in [5, 5.41) is 21.3. The second kappa shape index (κ2) is 7.35. The minimum absolute atomic E-state index is 0.0254. The zero-order valence-electron chi connectivity index (χ0n) is 17.1. The SMILES string of the molecule is CC1(c2cc(C(=O)Nc3ccc(C#N)cc3O)ccc2F)CS(=O)(=O)C(C)(C)C(N)=N1. The molecule has 0 bridgehead atoms. The number of sulfone groups is 1. The average Bonchev–Trinajstić information content (AvgIpc) is 2.68. The molecule has 31 heavy (non-hydrogen) atoms. The van der Waals surface area contributed by atoms with Crippen molar-refractivity contribution < 1.29 is 22.7 Å². The molecule has 2 aromatic carbocycles. The van der Waals surface area contributed by atoms with Crippen molar-refractivity contribution in [2.45, 2.75) is 31.1 Å². The lowest BCUT2D eigenvalue weighted by molar-refractivity contribution is 0.102. The number of aromatic hydroxyl groups is 1. The summed E-state index contributed by atoms with van der Waals surface area (Å²) >= 11 is 0. The van der Waals surface area contributed by atoms with Gasteiger partial charge in [-0.2, -0.15) is 5.26 Å². The highest BCUT2D eigenvalue weighted by Gasteiger charge is 2.49. The number of hydrogen-bond donors (Lipinski definition) is 3. The van der Waals surface area contributed by atoms with Crippen LogP contribution in [0.4, 0.5) is 10.1 Å². The van der Waals surface area contributed by atoms with E-state index in [1.54, 1.807) is 0 Å². The van der Waals surface area contributed by atoms with Gasteiger partial charge in [0.25, 0.3) is 5.91 Å². The second-order valence-corrected chi connectivity index (χ2v) is 10.6. The summed E-state index contributed by atoms with van der Waals surface area (Å²) in [5.41, 5.74) is 4.60. The van der Waals surface area contributed by atoms with Crippen molar-refractivity contribution in [3.63, 3.8) is 0 Å². The lowest BCUT2D eigenvalue weighted by Crippen LogP contribution is -2.55. The molecule has 8 nitrogen and oxygen atoms in total. The minimum Gasteiger partial charge on any atom is -0.506 e. The highest BCUT2D eigenvalue weighted by Crippen LogP contribution is 2.38. The van der Waals surface area contributed by atoms with Crippen molar-refractivity contribution in [2.75, 3.05) is 11.1 Å². The standard InChI is InChI=1S/C21H21FN4O4S/c1-20(2)19(24)26-21(3,11-31(20,29)30)14-9-13(5-6-15(14)22)18(28)25-16-7-4-12(10-23)8-17(16)27/h4-9,27H,11H2,1-3H3,(H2,24,26)(H,25,28). The van der Waals surface area contributed by atoms with Crippen LogP contribution in [0.15, 0.2) is 41.4 Å². The van der Waals surface area contributed by atoms with Crippen molar-refractivity contribution in [3.05, 3.63) is 58.9 Å². The fourth-order valence-corrected chi connectivity index (χ4v) is 4.95. The Morgan fingerprint density at radius 1 is 1.26 bits per heavy atom. The van der Waals surface area contributed by atoms with Gasteiger partial charge >= 0.3 is 0 Å². The molecule has 1 amide bonds. The summed E-state index contributed by atoms with van der Waals surface area (Å²) in [7, 11) is -3.76. The Hall–Kier alpha value is -3.45. The Labute approximate surface area is 179 Å². The highest BCUT2D eigenvalue weighted by molar-refractivity contribution is 7.93. The van der Waals surface area contributed by atoms with Crippen LogP contribution in [0.5, 0.6) is 5.75 Å². The maximum absolute atomic E-state index is 14.7. The van der Waals surface area contributed by atoms with Gasteiger partial charge in [0.05, 0.1) is 23.1 Å². The molecule has 0 fully saturated rings. The molecule has 1 unspecified atom stereocenters. The number of hydrogen-bond acceptors (Lipinski definition) is 7. The first-order valence-corrected chi connectivity index (χ1v) is 10.9. The molecule has 1 aliphatic heterocycles. The second-order valence-electron chi connectivity index (χ2n) is 8.03. The number of nitriles is 1. The van der Waals surface area contributed by atoms with Gasteiger partial charge in [0.15, 0.2) is 9.84 Å². The maximum Gasteiger partial charge on any atom is 0.255 e. The van der Waals surface area contributed by atoms with E-state index in [9.17, 15) is 22.7 Å². The number of carbonyl (C=O) groups is 1. The van der Waals surface area contributed by atoms with E-state index in [-0.39, 0.29) is 34.0 Å². The van der Waals surface area contributed by atoms with Crippen molar-refractivity contribution in [1.82, 2.24) is 0 Å². The molecule has 162 valence electrons. The lowest BCUT2D eigenvalue weighted by Gasteiger charge is -2.38. The Morgan fingerprint density at radius 3 is 2.52 bits per heavy atom. The zero-order valence-corrected chi connectivity index (χ0v) is 17.9. The van der Waals surface area contributed by atoms with Crippen LogP contribution in [0.3, 0.4) is 0 Å². The van der Waals surface area contributed by atoms with Crippen LogP contribution in [-0.4, -0.2) is 35.8 Å². The van der Waals surface area contributed by atoms with Crippen molar-refractivity contribution in [2.24, 2.45) is 10.7 Å². The smallest absolute Gasteiger partial charge is 0.255 e. The van der Waals surface area contributed by atoms with E-state index in [1.807, 2.05) is 6.07 Å². The molecule has 0 saturated carbocycles. The van der Waals surface area contributed by atoms with Crippen molar-refractivity contribution in [1.29, 1.82) is 5.26 Å². The fourth-order valence-electron chi connectivity index (χ4n) is 3.26. The van der Waals surface area contributed by atoms with Crippen molar-refractivity contribution >= 4 is 27.3 Å². The van der Waals surface area contributed by atoms with E-state index >= 15 is 0 Å². The third-order valence-electron chi connectivity index (χ3n) is 5.42. The average molecular weight is 444 g/mol.